The first kappa shape index (κ1) is 16.0. The number of carbonyl (C=O) groups excluding carboxylic acids is 1. The van der Waals surface area contributed by atoms with E-state index in [1.54, 1.807) is 42.5 Å². The zero-order valence-corrected chi connectivity index (χ0v) is 14.3. The quantitative estimate of drug-likeness (QED) is 0.713. The number of para-hydroxylation sites is 2. The Hall–Kier alpha value is -2.47. The van der Waals surface area contributed by atoms with Gasteiger partial charge in [0.25, 0.3) is 0 Å². The second kappa shape index (κ2) is 6.11. The fourth-order valence-electron chi connectivity index (χ4n) is 3.46. The average Bonchev–Trinajstić information content (AvgIpc) is 3.22. The number of aromatic nitrogens is 1. The molecule has 25 heavy (non-hydrogen) atoms. The molecule has 0 aliphatic heterocycles. The van der Waals surface area contributed by atoms with Crippen LogP contribution in [-0.4, -0.2) is 19.2 Å². The molecule has 0 amide bonds. The first-order valence-corrected chi connectivity index (χ1v) is 9.76. The standard InChI is InChI=1S/C19H17NO4S/c21-14-11-10-13(12-14)18(25(22,23)15-6-2-1-3-7-15)19-20-16-8-4-5-9-17(16)24-19/h1-9,13,18H,10-12H2. The van der Waals surface area contributed by atoms with Gasteiger partial charge in [0.1, 0.15) is 16.5 Å². The van der Waals surface area contributed by atoms with Crippen LogP contribution >= 0.6 is 0 Å². The number of nitrogens with zero attached hydrogens (tertiary/aromatic N) is 1. The molecule has 6 heteroatoms. The number of ketones is 1. The SMILES string of the molecule is O=C1CCC(C(c2nc3ccccc3o2)S(=O)(=O)c2ccccc2)C1. The molecular weight excluding hydrogens is 338 g/mol. The summed E-state index contributed by atoms with van der Waals surface area (Å²) in [7, 11) is -3.72. The summed E-state index contributed by atoms with van der Waals surface area (Å²) in [6.07, 6.45) is 1.19. The van der Waals surface area contributed by atoms with Crippen LogP contribution in [0.5, 0.6) is 0 Å². The van der Waals surface area contributed by atoms with Crippen LogP contribution in [0.15, 0.2) is 63.9 Å². The Kier molecular flexibility index (Phi) is 3.92. The third-order valence-corrected chi connectivity index (χ3v) is 6.86. The van der Waals surface area contributed by atoms with Crippen molar-refractivity contribution in [2.75, 3.05) is 0 Å². The lowest BCUT2D eigenvalue weighted by Crippen LogP contribution is -2.21. The maximum Gasteiger partial charge on any atom is 0.214 e. The largest absolute Gasteiger partial charge is 0.439 e. The van der Waals surface area contributed by atoms with Gasteiger partial charge in [-0.1, -0.05) is 30.3 Å². The molecule has 2 atom stereocenters. The number of fused-ring (bicyclic) bond motifs is 1. The number of hydrogen-bond acceptors (Lipinski definition) is 5. The van der Waals surface area contributed by atoms with Crippen LogP contribution in [-0.2, 0) is 14.6 Å². The van der Waals surface area contributed by atoms with E-state index >= 15 is 0 Å². The lowest BCUT2D eigenvalue weighted by Gasteiger charge is -2.20. The first-order chi connectivity index (χ1) is 12.1. The maximum atomic E-state index is 13.3. The van der Waals surface area contributed by atoms with Crippen LogP contribution in [0.4, 0.5) is 0 Å². The molecule has 128 valence electrons. The van der Waals surface area contributed by atoms with Gasteiger partial charge in [-0.05, 0) is 36.6 Å². The van der Waals surface area contributed by atoms with Crippen molar-refractivity contribution >= 4 is 26.7 Å². The normalized spacial score (nSPS) is 19.4. The molecule has 3 aromatic rings. The van der Waals surface area contributed by atoms with E-state index in [1.807, 2.05) is 12.1 Å². The highest BCUT2D eigenvalue weighted by molar-refractivity contribution is 7.91. The molecule has 2 unspecified atom stereocenters. The van der Waals surface area contributed by atoms with E-state index in [0.717, 1.165) is 0 Å². The molecule has 4 rings (SSSR count). The Morgan fingerprint density at radius 2 is 1.76 bits per heavy atom. The molecule has 1 heterocycles. The minimum absolute atomic E-state index is 0.0920. The van der Waals surface area contributed by atoms with Crippen molar-refractivity contribution < 1.29 is 17.6 Å². The molecule has 0 bridgehead atoms. The highest BCUT2D eigenvalue weighted by Gasteiger charge is 2.42. The summed E-state index contributed by atoms with van der Waals surface area (Å²) in [6.45, 7) is 0. The van der Waals surface area contributed by atoms with Gasteiger partial charge in [-0.25, -0.2) is 13.4 Å². The minimum Gasteiger partial charge on any atom is -0.439 e. The van der Waals surface area contributed by atoms with Gasteiger partial charge in [-0.15, -0.1) is 0 Å². The number of benzene rings is 2. The highest BCUT2D eigenvalue weighted by atomic mass is 32.2. The zero-order chi connectivity index (χ0) is 17.4. The second-order valence-electron chi connectivity index (χ2n) is 6.34. The predicted octanol–water partition coefficient (Wildman–Crippen LogP) is 3.71. The monoisotopic (exact) mass is 355 g/mol. The van der Waals surface area contributed by atoms with E-state index < -0.39 is 15.1 Å². The number of rotatable bonds is 4. The number of Topliss-reactive ketones (excluding diaryl/α,β-unsaturated/α-hetero) is 1. The zero-order valence-electron chi connectivity index (χ0n) is 13.5. The lowest BCUT2D eigenvalue weighted by atomic mass is 10.0. The molecule has 0 N–H and O–H groups in total. The van der Waals surface area contributed by atoms with E-state index in [1.165, 1.54) is 0 Å². The average molecular weight is 355 g/mol. The third-order valence-electron chi connectivity index (χ3n) is 4.67. The number of hydrogen-bond donors (Lipinski definition) is 0. The van der Waals surface area contributed by atoms with Crippen molar-refractivity contribution in [1.29, 1.82) is 0 Å². The molecule has 1 fully saturated rings. The fourth-order valence-corrected chi connectivity index (χ4v) is 5.39. The van der Waals surface area contributed by atoms with E-state index in [4.69, 9.17) is 4.42 Å². The summed E-state index contributed by atoms with van der Waals surface area (Å²) in [6, 6.07) is 15.5. The summed E-state index contributed by atoms with van der Waals surface area (Å²) < 4.78 is 32.4. The van der Waals surface area contributed by atoms with Crippen molar-refractivity contribution in [3.05, 3.63) is 60.5 Å². The smallest absolute Gasteiger partial charge is 0.214 e. The van der Waals surface area contributed by atoms with Crippen molar-refractivity contribution in [2.45, 2.75) is 29.4 Å². The van der Waals surface area contributed by atoms with E-state index in [9.17, 15) is 13.2 Å². The van der Waals surface area contributed by atoms with Crippen LogP contribution in [0, 0.1) is 5.92 Å². The van der Waals surface area contributed by atoms with Gasteiger partial charge in [-0.3, -0.25) is 4.79 Å². The Morgan fingerprint density at radius 3 is 2.44 bits per heavy atom. The molecule has 1 aromatic heterocycles. The molecule has 1 aliphatic carbocycles. The van der Waals surface area contributed by atoms with Crippen LogP contribution in [0.3, 0.4) is 0 Å². The Bertz CT molecular complexity index is 991. The van der Waals surface area contributed by atoms with Crippen molar-refractivity contribution in [2.24, 2.45) is 5.92 Å². The molecule has 1 aliphatic rings. The Balaban J connectivity index is 1.86. The Labute approximate surface area is 145 Å². The van der Waals surface area contributed by atoms with Crippen LogP contribution in [0.25, 0.3) is 11.1 Å². The number of sulfone groups is 1. The maximum absolute atomic E-state index is 13.3. The van der Waals surface area contributed by atoms with Crippen molar-refractivity contribution in [3.63, 3.8) is 0 Å². The van der Waals surface area contributed by atoms with Gasteiger partial charge < -0.3 is 4.42 Å². The number of carbonyl (C=O) groups is 1. The summed E-state index contributed by atoms with van der Waals surface area (Å²) in [5.41, 5.74) is 1.17. The first-order valence-electron chi connectivity index (χ1n) is 8.22. The molecule has 0 saturated heterocycles. The van der Waals surface area contributed by atoms with Gasteiger partial charge >= 0.3 is 0 Å². The van der Waals surface area contributed by atoms with Crippen LogP contribution < -0.4 is 0 Å². The Morgan fingerprint density at radius 1 is 1.04 bits per heavy atom. The van der Waals surface area contributed by atoms with E-state index in [0.29, 0.717) is 23.9 Å². The van der Waals surface area contributed by atoms with Gasteiger partial charge in [-0.2, -0.15) is 0 Å². The summed E-state index contributed by atoms with van der Waals surface area (Å²) in [5.74, 6) is -0.0510. The van der Waals surface area contributed by atoms with Crippen molar-refractivity contribution in [1.82, 2.24) is 4.98 Å². The molecule has 0 radical (unpaired) electrons. The van der Waals surface area contributed by atoms with Crippen LogP contribution in [0.1, 0.15) is 30.4 Å². The molecule has 1 saturated carbocycles. The molecule has 0 spiro atoms. The number of oxazole rings is 1. The van der Waals surface area contributed by atoms with Gasteiger partial charge in [0.05, 0.1) is 4.90 Å². The summed E-state index contributed by atoms with van der Waals surface area (Å²) >= 11 is 0. The van der Waals surface area contributed by atoms with Gasteiger partial charge in [0.2, 0.25) is 5.89 Å². The van der Waals surface area contributed by atoms with Gasteiger partial charge in [0, 0.05) is 12.8 Å². The van der Waals surface area contributed by atoms with E-state index in [2.05, 4.69) is 4.98 Å². The third kappa shape index (κ3) is 2.87. The molecular formula is C19H17NO4S. The molecule has 5 nitrogen and oxygen atoms in total. The van der Waals surface area contributed by atoms with Gasteiger partial charge in [0.15, 0.2) is 15.4 Å². The summed E-state index contributed by atoms with van der Waals surface area (Å²) in [5, 5.41) is -0.950. The predicted molar refractivity (Wildman–Crippen MR) is 92.7 cm³/mol. The topological polar surface area (TPSA) is 77.2 Å². The second-order valence-corrected chi connectivity index (χ2v) is 8.41. The van der Waals surface area contributed by atoms with Crippen LogP contribution in [0.2, 0.25) is 0 Å². The fraction of sp³-hybridized carbons (Fsp3) is 0.263. The minimum atomic E-state index is -3.72. The molecule has 2 aromatic carbocycles. The highest BCUT2D eigenvalue weighted by Crippen LogP contribution is 2.42. The summed E-state index contributed by atoms with van der Waals surface area (Å²) in [4.78, 5) is 16.4. The van der Waals surface area contributed by atoms with E-state index in [-0.39, 0.29) is 28.9 Å². The lowest BCUT2D eigenvalue weighted by molar-refractivity contribution is -0.117. The van der Waals surface area contributed by atoms with Crippen molar-refractivity contribution in [3.8, 4) is 0 Å².